The summed E-state index contributed by atoms with van der Waals surface area (Å²) in [5.41, 5.74) is 1.94. The predicted molar refractivity (Wildman–Crippen MR) is 136 cm³/mol. The third kappa shape index (κ3) is 6.61. The van der Waals surface area contributed by atoms with Crippen molar-refractivity contribution in [3.05, 3.63) is 84.4 Å². The second-order valence-electron chi connectivity index (χ2n) is 9.07. The van der Waals surface area contributed by atoms with Crippen LogP contribution in [0.15, 0.2) is 73.2 Å². The summed E-state index contributed by atoms with van der Waals surface area (Å²) in [6, 6.07) is 17.1. The van der Waals surface area contributed by atoms with Crippen LogP contribution in [0.1, 0.15) is 32.0 Å². The summed E-state index contributed by atoms with van der Waals surface area (Å²) >= 11 is 0. The minimum atomic E-state index is -0.600. The molecule has 0 fully saturated rings. The Morgan fingerprint density at radius 1 is 1.09 bits per heavy atom. The highest BCUT2D eigenvalue weighted by Gasteiger charge is 2.19. The Morgan fingerprint density at radius 3 is 2.63 bits per heavy atom. The van der Waals surface area contributed by atoms with Crippen molar-refractivity contribution in [3.8, 4) is 23.3 Å². The molecule has 0 aliphatic carbocycles. The number of amides is 1. The molecule has 0 unspecified atom stereocenters. The molecular formula is C28H28N4O3. The van der Waals surface area contributed by atoms with Crippen molar-refractivity contribution in [1.82, 2.24) is 20.1 Å². The van der Waals surface area contributed by atoms with Gasteiger partial charge in [-0.3, -0.25) is 4.98 Å². The van der Waals surface area contributed by atoms with Crippen LogP contribution in [-0.4, -0.2) is 39.6 Å². The van der Waals surface area contributed by atoms with Crippen LogP contribution in [0.4, 0.5) is 4.79 Å². The first kappa shape index (κ1) is 23.8. The van der Waals surface area contributed by atoms with Gasteiger partial charge in [0.2, 0.25) is 0 Å². The molecule has 2 aromatic carbocycles. The number of methoxy groups -OCH3 is 1. The molecule has 4 aromatic rings. The molecule has 1 amide bonds. The van der Waals surface area contributed by atoms with Gasteiger partial charge in [-0.2, -0.15) is 5.10 Å². The molecule has 7 heteroatoms. The smallest absolute Gasteiger partial charge is 0.408 e. The number of hydrogen-bond acceptors (Lipinski definition) is 5. The van der Waals surface area contributed by atoms with Crippen LogP contribution in [0.5, 0.6) is 5.75 Å². The van der Waals surface area contributed by atoms with Crippen LogP contribution in [0.3, 0.4) is 0 Å². The van der Waals surface area contributed by atoms with E-state index in [-0.39, 0.29) is 0 Å². The maximum atomic E-state index is 12.4. The Labute approximate surface area is 205 Å². The number of fused-ring (bicyclic) bond motifs is 1. The molecule has 1 atom stereocenters. The Hall–Kier alpha value is -4.31. The first-order valence-corrected chi connectivity index (χ1v) is 11.3. The van der Waals surface area contributed by atoms with Crippen molar-refractivity contribution >= 4 is 16.9 Å². The number of nitrogens with one attached hydrogen (secondary N) is 1. The molecule has 0 saturated heterocycles. The minimum Gasteiger partial charge on any atom is -0.497 e. The normalized spacial score (nSPS) is 11.9. The van der Waals surface area contributed by atoms with Gasteiger partial charge in [0.1, 0.15) is 17.0 Å². The Kier molecular flexibility index (Phi) is 7.02. The molecule has 0 spiro atoms. The summed E-state index contributed by atoms with van der Waals surface area (Å²) in [6.07, 6.45) is 5.47. The number of nitrogens with zero attached hydrogens (tertiary/aromatic N) is 3. The number of carbonyl (C=O) groups is 1. The van der Waals surface area contributed by atoms with E-state index in [1.165, 1.54) is 0 Å². The van der Waals surface area contributed by atoms with Crippen LogP contribution in [0.25, 0.3) is 16.5 Å². The Balaban J connectivity index is 1.54. The third-order valence-electron chi connectivity index (χ3n) is 5.14. The number of hydrogen-bond donors (Lipinski definition) is 1. The maximum Gasteiger partial charge on any atom is 0.408 e. The van der Waals surface area contributed by atoms with Crippen LogP contribution in [-0.2, 0) is 11.2 Å². The molecular weight excluding hydrogens is 440 g/mol. The van der Waals surface area contributed by atoms with Crippen molar-refractivity contribution in [2.45, 2.75) is 38.8 Å². The van der Waals surface area contributed by atoms with E-state index in [9.17, 15) is 4.79 Å². The van der Waals surface area contributed by atoms with Gasteiger partial charge in [0.05, 0.1) is 18.8 Å². The molecule has 0 bridgehead atoms. The third-order valence-corrected chi connectivity index (χ3v) is 5.14. The van der Waals surface area contributed by atoms with E-state index in [1.807, 2.05) is 81.7 Å². The number of pyridine rings is 1. The first-order chi connectivity index (χ1) is 16.8. The largest absolute Gasteiger partial charge is 0.497 e. The van der Waals surface area contributed by atoms with Crippen molar-refractivity contribution < 1.29 is 14.3 Å². The molecule has 2 heterocycles. The number of rotatable bonds is 5. The van der Waals surface area contributed by atoms with Gasteiger partial charge in [0.25, 0.3) is 0 Å². The summed E-state index contributed by atoms with van der Waals surface area (Å²) in [5, 5.41) is 9.62. The zero-order valence-corrected chi connectivity index (χ0v) is 20.3. The van der Waals surface area contributed by atoms with Gasteiger partial charge in [-0.15, -0.1) is 0 Å². The zero-order valence-electron chi connectivity index (χ0n) is 20.3. The first-order valence-electron chi connectivity index (χ1n) is 11.3. The van der Waals surface area contributed by atoms with Crippen molar-refractivity contribution in [2.75, 3.05) is 7.11 Å². The van der Waals surface area contributed by atoms with Gasteiger partial charge in [-0.05, 0) is 74.0 Å². The number of aromatic nitrogens is 3. The topological polar surface area (TPSA) is 78.3 Å². The van der Waals surface area contributed by atoms with Gasteiger partial charge >= 0.3 is 6.09 Å². The lowest BCUT2D eigenvalue weighted by molar-refractivity contribution is 0.0516. The lowest BCUT2D eigenvalue weighted by atomic mass is 10.1. The summed E-state index contributed by atoms with van der Waals surface area (Å²) in [6.45, 7) is 5.48. The fourth-order valence-electron chi connectivity index (χ4n) is 3.49. The molecule has 0 aliphatic heterocycles. The lowest BCUT2D eigenvalue weighted by Gasteiger charge is -2.21. The van der Waals surface area contributed by atoms with Gasteiger partial charge in [0, 0.05) is 30.4 Å². The molecule has 0 saturated carbocycles. The minimum absolute atomic E-state index is 0.462. The van der Waals surface area contributed by atoms with Crippen LogP contribution < -0.4 is 10.1 Å². The van der Waals surface area contributed by atoms with E-state index in [1.54, 1.807) is 18.0 Å². The van der Waals surface area contributed by atoms with Crippen LogP contribution in [0, 0.1) is 11.8 Å². The number of carbonyl (C=O) groups excluding carboxylic acids is 1. The standard InChI is InChI=1S/C28H28N4O3/c1-28(2,3)35-27(33)30-24(17-20-5-11-26(34-4)12-6-20)9-8-23-14-16-32(31-23)25-10-7-22-19-29-15-13-21(22)18-25/h5-7,10-16,18-19,24H,17H2,1-4H3,(H,30,33)/t24-/m1/s1. The monoisotopic (exact) mass is 468 g/mol. The van der Waals surface area contributed by atoms with Gasteiger partial charge in [-0.25, -0.2) is 9.48 Å². The molecule has 178 valence electrons. The van der Waals surface area contributed by atoms with Crippen molar-refractivity contribution in [2.24, 2.45) is 0 Å². The maximum absolute atomic E-state index is 12.4. The summed E-state index contributed by atoms with van der Waals surface area (Å²) < 4.78 is 12.4. The Morgan fingerprint density at radius 2 is 1.89 bits per heavy atom. The lowest BCUT2D eigenvalue weighted by Crippen LogP contribution is -2.39. The summed E-state index contributed by atoms with van der Waals surface area (Å²) in [4.78, 5) is 16.6. The fraction of sp³-hybridized carbons (Fsp3) is 0.250. The van der Waals surface area contributed by atoms with Crippen LogP contribution >= 0.6 is 0 Å². The average Bonchev–Trinajstić information content (AvgIpc) is 3.30. The van der Waals surface area contributed by atoms with E-state index >= 15 is 0 Å². The zero-order chi connectivity index (χ0) is 24.8. The molecule has 0 aliphatic rings. The van der Waals surface area contributed by atoms with Crippen molar-refractivity contribution in [1.29, 1.82) is 0 Å². The van der Waals surface area contributed by atoms with Crippen LogP contribution in [0.2, 0.25) is 0 Å². The summed E-state index contributed by atoms with van der Waals surface area (Å²) in [5.74, 6) is 7.01. The highest BCUT2D eigenvalue weighted by Crippen LogP contribution is 2.17. The van der Waals surface area contributed by atoms with Gasteiger partial charge in [0.15, 0.2) is 0 Å². The molecule has 1 N–H and O–H groups in total. The van der Waals surface area contributed by atoms with E-state index in [0.29, 0.717) is 12.1 Å². The van der Waals surface area contributed by atoms with E-state index < -0.39 is 17.7 Å². The van der Waals surface area contributed by atoms with E-state index in [4.69, 9.17) is 9.47 Å². The van der Waals surface area contributed by atoms with E-state index in [0.717, 1.165) is 27.8 Å². The van der Waals surface area contributed by atoms with Crippen molar-refractivity contribution in [3.63, 3.8) is 0 Å². The second-order valence-corrected chi connectivity index (χ2v) is 9.07. The highest BCUT2D eigenvalue weighted by atomic mass is 16.6. The SMILES string of the molecule is COc1ccc(C[C@@H](C#Cc2ccn(-c3ccc4cnccc4c3)n2)NC(=O)OC(C)(C)C)cc1. The van der Waals surface area contributed by atoms with E-state index in [2.05, 4.69) is 33.3 Å². The molecule has 7 nitrogen and oxygen atoms in total. The fourth-order valence-corrected chi connectivity index (χ4v) is 3.49. The molecule has 4 rings (SSSR count). The number of ether oxygens (including phenoxy) is 2. The van der Waals surface area contributed by atoms with Gasteiger partial charge < -0.3 is 14.8 Å². The second kappa shape index (κ2) is 10.3. The predicted octanol–water partition coefficient (Wildman–Crippen LogP) is 4.92. The molecule has 2 aromatic heterocycles. The number of alkyl carbamates (subject to hydrolysis) is 1. The number of benzene rings is 2. The van der Waals surface area contributed by atoms with Gasteiger partial charge in [-0.1, -0.05) is 24.1 Å². The Bertz CT molecular complexity index is 1380. The summed E-state index contributed by atoms with van der Waals surface area (Å²) in [7, 11) is 1.63. The molecule has 35 heavy (non-hydrogen) atoms. The molecule has 0 radical (unpaired) electrons. The highest BCUT2D eigenvalue weighted by molar-refractivity contribution is 5.83. The quantitative estimate of drug-likeness (QED) is 0.421. The average molecular weight is 469 g/mol.